The lowest BCUT2D eigenvalue weighted by atomic mass is 10.2. The summed E-state index contributed by atoms with van der Waals surface area (Å²) in [5.74, 6) is -0.0924. The van der Waals surface area contributed by atoms with Crippen LogP contribution < -0.4 is 14.8 Å². The molecule has 0 atom stereocenters. The van der Waals surface area contributed by atoms with Crippen molar-refractivity contribution in [3.8, 4) is 11.5 Å². The van der Waals surface area contributed by atoms with E-state index >= 15 is 0 Å². The number of rotatable bonds is 10. The third-order valence-corrected chi connectivity index (χ3v) is 4.40. The van der Waals surface area contributed by atoms with Crippen molar-refractivity contribution in [2.24, 2.45) is 0 Å². The predicted molar refractivity (Wildman–Crippen MR) is 107 cm³/mol. The minimum atomic E-state index is -2.91. The summed E-state index contributed by atoms with van der Waals surface area (Å²) < 4.78 is 34.2. The summed E-state index contributed by atoms with van der Waals surface area (Å²) in [4.78, 5) is 12.4. The van der Waals surface area contributed by atoms with Gasteiger partial charge in [-0.25, -0.2) is 0 Å². The molecule has 2 aromatic rings. The third-order valence-electron chi connectivity index (χ3n) is 3.84. The van der Waals surface area contributed by atoms with Crippen molar-refractivity contribution in [2.45, 2.75) is 39.2 Å². The molecule has 4 nitrogen and oxygen atoms in total. The Morgan fingerprint density at radius 2 is 1.71 bits per heavy atom. The van der Waals surface area contributed by atoms with E-state index < -0.39 is 12.5 Å². The van der Waals surface area contributed by atoms with Crippen molar-refractivity contribution >= 4 is 34.8 Å². The van der Waals surface area contributed by atoms with Crippen LogP contribution in [0.4, 0.5) is 14.5 Å². The fraction of sp³-hybridized carbons (Fsp3) is 0.350. The molecule has 0 saturated heterocycles. The summed E-state index contributed by atoms with van der Waals surface area (Å²) in [5.41, 5.74) is 0.663. The number of hydrogen-bond acceptors (Lipinski definition) is 3. The van der Waals surface area contributed by atoms with Gasteiger partial charge in [0.25, 0.3) is 5.91 Å². The second-order valence-corrected chi connectivity index (χ2v) is 6.85. The molecule has 152 valence electrons. The summed E-state index contributed by atoms with van der Waals surface area (Å²) in [5, 5.41) is 3.13. The van der Waals surface area contributed by atoms with Gasteiger partial charge in [0.2, 0.25) is 0 Å². The molecule has 2 aromatic carbocycles. The number of unbranched alkanes of at least 4 members (excludes halogenated alkanes) is 3. The van der Waals surface area contributed by atoms with Crippen molar-refractivity contribution in [2.75, 3.05) is 11.9 Å². The molecule has 0 aliphatic heterocycles. The molecule has 8 heteroatoms. The summed E-state index contributed by atoms with van der Waals surface area (Å²) in [6.45, 7) is -0.279. The van der Waals surface area contributed by atoms with Gasteiger partial charge in [0.15, 0.2) is 5.75 Å². The monoisotopic (exact) mass is 431 g/mol. The zero-order valence-electron chi connectivity index (χ0n) is 15.3. The van der Waals surface area contributed by atoms with Gasteiger partial charge in [-0.3, -0.25) is 4.79 Å². The largest absolute Gasteiger partial charge is 0.490 e. The topological polar surface area (TPSA) is 47.6 Å². The van der Waals surface area contributed by atoms with Crippen LogP contribution in [0.25, 0.3) is 0 Å². The molecule has 0 bridgehead atoms. The van der Waals surface area contributed by atoms with Gasteiger partial charge in [-0.15, -0.1) is 0 Å². The first-order valence-electron chi connectivity index (χ1n) is 8.88. The van der Waals surface area contributed by atoms with E-state index in [4.69, 9.17) is 27.9 Å². The molecule has 0 spiro atoms. The van der Waals surface area contributed by atoms with Gasteiger partial charge >= 0.3 is 6.61 Å². The summed E-state index contributed by atoms with van der Waals surface area (Å²) in [6.07, 6.45) is 4.23. The SMILES string of the molecule is CCCCCCOc1c(Cl)cc(C(=O)Nc2ccc(OC(F)F)cc2)cc1Cl. The Labute approximate surface area is 172 Å². The number of hydrogen-bond donors (Lipinski definition) is 1. The standard InChI is InChI=1S/C20H21Cl2F2NO3/c1-2-3-4-5-10-27-18-16(21)11-13(12-17(18)22)19(26)25-14-6-8-15(9-7-14)28-20(23)24/h6-9,11-12,20H,2-5,10H2,1H3,(H,25,26). The first kappa shape index (κ1) is 22.2. The Morgan fingerprint density at radius 3 is 2.29 bits per heavy atom. The lowest BCUT2D eigenvalue weighted by Crippen LogP contribution is -2.12. The van der Waals surface area contributed by atoms with Crippen LogP contribution in [0.1, 0.15) is 43.0 Å². The van der Waals surface area contributed by atoms with E-state index in [1.807, 2.05) is 0 Å². The van der Waals surface area contributed by atoms with E-state index in [0.717, 1.165) is 25.7 Å². The van der Waals surface area contributed by atoms with E-state index in [-0.39, 0.29) is 21.4 Å². The molecule has 2 rings (SSSR count). The van der Waals surface area contributed by atoms with E-state index in [2.05, 4.69) is 17.0 Å². The van der Waals surface area contributed by atoms with Gasteiger partial charge < -0.3 is 14.8 Å². The summed E-state index contributed by atoms with van der Waals surface area (Å²) in [6, 6.07) is 8.50. The Kier molecular flexibility index (Phi) is 8.80. The van der Waals surface area contributed by atoms with Crippen molar-refractivity contribution in [3.05, 3.63) is 52.0 Å². The van der Waals surface area contributed by atoms with Crippen LogP contribution in [0.5, 0.6) is 11.5 Å². The molecule has 1 N–H and O–H groups in total. The summed E-state index contributed by atoms with van der Waals surface area (Å²) >= 11 is 12.4. The molecular weight excluding hydrogens is 411 g/mol. The number of amides is 1. The van der Waals surface area contributed by atoms with Crippen molar-refractivity contribution in [1.29, 1.82) is 0 Å². The maximum atomic E-state index is 12.4. The fourth-order valence-corrected chi connectivity index (χ4v) is 3.05. The number of carbonyl (C=O) groups excluding carboxylic acids is 1. The molecule has 28 heavy (non-hydrogen) atoms. The average Bonchev–Trinajstić information content (AvgIpc) is 2.64. The second-order valence-electron chi connectivity index (χ2n) is 6.04. The van der Waals surface area contributed by atoms with Gasteiger partial charge in [-0.05, 0) is 42.8 Å². The van der Waals surface area contributed by atoms with Gasteiger partial charge in [0.1, 0.15) is 5.75 Å². The third kappa shape index (κ3) is 6.84. The average molecular weight is 432 g/mol. The van der Waals surface area contributed by atoms with Crippen molar-refractivity contribution in [3.63, 3.8) is 0 Å². The summed E-state index contributed by atoms with van der Waals surface area (Å²) in [7, 11) is 0. The number of anilines is 1. The van der Waals surface area contributed by atoms with Crippen LogP contribution in [0.2, 0.25) is 10.0 Å². The van der Waals surface area contributed by atoms with Crippen LogP contribution >= 0.6 is 23.2 Å². The highest BCUT2D eigenvalue weighted by atomic mass is 35.5. The quantitative estimate of drug-likeness (QED) is 0.420. The first-order valence-corrected chi connectivity index (χ1v) is 9.64. The van der Waals surface area contributed by atoms with E-state index in [1.165, 1.54) is 36.4 Å². The molecule has 0 aliphatic rings. The smallest absolute Gasteiger partial charge is 0.387 e. The molecule has 0 heterocycles. The normalized spacial score (nSPS) is 10.8. The number of carbonyl (C=O) groups is 1. The van der Waals surface area contributed by atoms with E-state index in [0.29, 0.717) is 18.0 Å². The molecule has 1 amide bonds. The predicted octanol–water partition coefficient (Wildman–Crippen LogP) is 6.81. The van der Waals surface area contributed by atoms with Crippen LogP contribution in [0.3, 0.4) is 0 Å². The zero-order chi connectivity index (χ0) is 20.5. The van der Waals surface area contributed by atoms with Gasteiger partial charge in [0.05, 0.1) is 16.7 Å². The minimum Gasteiger partial charge on any atom is -0.490 e. The Balaban J connectivity index is 1.99. The molecule has 0 aliphatic carbocycles. The van der Waals surface area contributed by atoms with E-state index in [1.54, 1.807) is 0 Å². The fourth-order valence-electron chi connectivity index (χ4n) is 2.45. The maximum absolute atomic E-state index is 12.4. The van der Waals surface area contributed by atoms with Crippen LogP contribution in [-0.4, -0.2) is 19.1 Å². The van der Waals surface area contributed by atoms with Gasteiger partial charge in [-0.2, -0.15) is 8.78 Å². The lowest BCUT2D eigenvalue weighted by Gasteiger charge is -2.12. The molecular formula is C20H21Cl2F2NO3. The maximum Gasteiger partial charge on any atom is 0.387 e. The highest BCUT2D eigenvalue weighted by Crippen LogP contribution is 2.34. The molecule has 0 radical (unpaired) electrons. The Morgan fingerprint density at radius 1 is 1.07 bits per heavy atom. The number of alkyl halides is 2. The minimum absolute atomic E-state index is 0.000439. The number of ether oxygens (including phenoxy) is 2. The van der Waals surface area contributed by atoms with Crippen LogP contribution in [-0.2, 0) is 0 Å². The van der Waals surface area contributed by atoms with Crippen LogP contribution in [0, 0.1) is 0 Å². The zero-order valence-corrected chi connectivity index (χ0v) is 16.8. The van der Waals surface area contributed by atoms with Gasteiger partial charge in [0, 0.05) is 11.3 Å². The molecule has 0 fully saturated rings. The van der Waals surface area contributed by atoms with Crippen LogP contribution in [0.15, 0.2) is 36.4 Å². The van der Waals surface area contributed by atoms with Gasteiger partial charge in [-0.1, -0.05) is 49.4 Å². The van der Waals surface area contributed by atoms with Crippen molar-refractivity contribution in [1.82, 2.24) is 0 Å². The molecule has 0 saturated carbocycles. The molecule has 0 aromatic heterocycles. The van der Waals surface area contributed by atoms with Crippen molar-refractivity contribution < 1.29 is 23.0 Å². The highest BCUT2D eigenvalue weighted by Gasteiger charge is 2.15. The number of benzene rings is 2. The first-order chi connectivity index (χ1) is 13.4. The Bertz CT molecular complexity index is 763. The Hall–Kier alpha value is -2.05. The van der Waals surface area contributed by atoms with E-state index in [9.17, 15) is 13.6 Å². The lowest BCUT2D eigenvalue weighted by molar-refractivity contribution is -0.0498. The second kappa shape index (κ2) is 11.1. The highest BCUT2D eigenvalue weighted by molar-refractivity contribution is 6.37. The number of nitrogens with one attached hydrogen (secondary N) is 1. The number of halogens is 4. The molecule has 0 unspecified atom stereocenters.